The molecule has 0 saturated heterocycles. The fraction of sp³-hybridized carbons (Fsp3) is 0.200. The van der Waals surface area contributed by atoms with Crippen molar-refractivity contribution in [2.24, 2.45) is 0 Å². The molecule has 0 aliphatic carbocycles. The fourth-order valence-electron chi connectivity index (χ4n) is 9.07. The zero-order valence-electron chi connectivity index (χ0n) is 31.6. The summed E-state index contributed by atoms with van der Waals surface area (Å²) in [5.74, 6) is 0. The Morgan fingerprint density at radius 1 is 0.431 bits per heavy atom. The number of benzene rings is 8. The van der Waals surface area contributed by atoms with Gasteiger partial charge in [0.15, 0.2) is 0 Å². The lowest BCUT2D eigenvalue weighted by atomic mass is 9.33. The molecule has 1 heteroatoms. The summed E-state index contributed by atoms with van der Waals surface area (Å²) in [6.07, 6.45) is 0. The SMILES string of the molecule is Cc1cc(C)c(B(c2c(C)cc(C)cc2C)c2cc(-c3ccc(-c4ccccc4)cc3)c3ccc4cc(C(C)(C)C)cc5ccc2c3c54)c(C)c1. The minimum atomic E-state index is 0.0629. The second-order valence-corrected chi connectivity index (χ2v) is 16.2. The topological polar surface area (TPSA) is 0 Å². The summed E-state index contributed by atoms with van der Waals surface area (Å²) < 4.78 is 0. The van der Waals surface area contributed by atoms with Crippen LogP contribution in [0.3, 0.4) is 0 Å². The van der Waals surface area contributed by atoms with Gasteiger partial charge in [-0.15, -0.1) is 0 Å². The normalized spacial score (nSPS) is 12.0. The van der Waals surface area contributed by atoms with E-state index in [-0.39, 0.29) is 12.1 Å². The highest BCUT2D eigenvalue weighted by atomic mass is 14.2. The molecule has 250 valence electrons. The summed E-state index contributed by atoms with van der Waals surface area (Å²) >= 11 is 0. The van der Waals surface area contributed by atoms with Gasteiger partial charge >= 0.3 is 0 Å². The van der Waals surface area contributed by atoms with Crippen molar-refractivity contribution in [1.29, 1.82) is 0 Å². The molecule has 0 amide bonds. The third-order valence-electron chi connectivity index (χ3n) is 11.3. The zero-order valence-corrected chi connectivity index (χ0v) is 31.6. The smallest absolute Gasteiger partial charge is 0.0629 e. The molecule has 0 bridgehead atoms. The molecule has 0 nitrogen and oxygen atoms in total. The Kier molecular flexibility index (Phi) is 7.95. The van der Waals surface area contributed by atoms with Gasteiger partial charge in [-0.05, 0) is 107 Å². The van der Waals surface area contributed by atoms with Gasteiger partial charge in [-0.2, -0.15) is 0 Å². The first-order valence-corrected chi connectivity index (χ1v) is 18.5. The molecule has 0 heterocycles. The molecule has 0 aliphatic rings. The van der Waals surface area contributed by atoms with Crippen molar-refractivity contribution in [2.75, 3.05) is 0 Å². The molecule has 0 atom stereocenters. The van der Waals surface area contributed by atoms with Crippen molar-refractivity contribution in [3.05, 3.63) is 160 Å². The van der Waals surface area contributed by atoms with Crippen LogP contribution in [0, 0.1) is 41.5 Å². The van der Waals surface area contributed by atoms with Crippen molar-refractivity contribution in [3.8, 4) is 22.3 Å². The number of hydrogen-bond donors (Lipinski definition) is 0. The summed E-state index contributed by atoms with van der Waals surface area (Å²) in [4.78, 5) is 0. The largest absolute Gasteiger partial charge is 0.243 e. The molecular formula is C50H47B. The van der Waals surface area contributed by atoms with Crippen LogP contribution in [-0.4, -0.2) is 6.71 Å². The summed E-state index contributed by atoms with van der Waals surface area (Å²) in [6.45, 7) is 20.7. The van der Waals surface area contributed by atoms with Crippen LogP contribution < -0.4 is 16.4 Å². The summed E-state index contributed by atoms with van der Waals surface area (Å²) in [6, 6.07) is 46.4. The molecule has 0 spiro atoms. The standard InChI is InChI=1S/C50H47B/c1-30-23-32(3)48(33(4)24-30)51(49-34(5)25-31(2)26-35(49)6)45-29-44(38-17-15-37(16-18-38)36-13-11-10-12-14-36)42-21-19-39-27-41(50(7,8)9)28-40-20-22-43(45)47(42)46(39)40/h10-29H,1-9H3. The average Bonchev–Trinajstić information content (AvgIpc) is 3.09. The first kappa shape index (κ1) is 33.0. The van der Waals surface area contributed by atoms with Gasteiger partial charge in [-0.3, -0.25) is 0 Å². The van der Waals surface area contributed by atoms with Gasteiger partial charge in [-0.25, -0.2) is 0 Å². The van der Waals surface area contributed by atoms with Crippen LogP contribution in [0.2, 0.25) is 0 Å². The average molecular weight is 659 g/mol. The summed E-state index contributed by atoms with van der Waals surface area (Å²) in [7, 11) is 0. The van der Waals surface area contributed by atoms with Gasteiger partial charge in [0.2, 0.25) is 6.71 Å². The molecule has 8 aromatic rings. The molecular weight excluding hydrogens is 611 g/mol. The van der Waals surface area contributed by atoms with Crippen LogP contribution in [0.15, 0.2) is 121 Å². The lowest BCUT2D eigenvalue weighted by Crippen LogP contribution is -2.56. The first-order chi connectivity index (χ1) is 24.4. The fourth-order valence-corrected chi connectivity index (χ4v) is 9.07. The van der Waals surface area contributed by atoms with E-state index < -0.39 is 0 Å². The monoisotopic (exact) mass is 658 g/mol. The van der Waals surface area contributed by atoms with Gasteiger partial charge in [0.25, 0.3) is 0 Å². The lowest BCUT2D eigenvalue weighted by Gasteiger charge is -2.28. The second kappa shape index (κ2) is 12.3. The van der Waals surface area contributed by atoms with E-state index in [1.54, 1.807) is 0 Å². The molecule has 0 radical (unpaired) electrons. The molecule has 0 aliphatic heterocycles. The molecule has 0 aromatic heterocycles. The maximum Gasteiger partial charge on any atom is 0.243 e. The van der Waals surface area contributed by atoms with E-state index in [4.69, 9.17) is 0 Å². The third kappa shape index (κ3) is 5.64. The Hall–Kier alpha value is -5.14. The van der Waals surface area contributed by atoms with Crippen LogP contribution in [-0.2, 0) is 5.41 Å². The van der Waals surface area contributed by atoms with Crippen molar-refractivity contribution in [1.82, 2.24) is 0 Å². The van der Waals surface area contributed by atoms with E-state index in [0.717, 1.165) is 0 Å². The van der Waals surface area contributed by atoms with Crippen molar-refractivity contribution in [2.45, 2.75) is 67.7 Å². The Balaban J connectivity index is 1.51. The Morgan fingerprint density at radius 2 is 0.902 bits per heavy atom. The molecule has 51 heavy (non-hydrogen) atoms. The predicted octanol–water partition coefficient (Wildman–Crippen LogP) is 11.6. The Morgan fingerprint density at radius 3 is 1.41 bits per heavy atom. The van der Waals surface area contributed by atoms with Crippen molar-refractivity contribution in [3.63, 3.8) is 0 Å². The second-order valence-electron chi connectivity index (χ2n) is 16.2. The molecule has 0 unspecified atom stereocenters. The van der Waals surface area contributed by atoms with Crippen LogP contribution >= 0.6 is 0 Å². The third-order valence-corrected chi connectivity index (χ3v) is 11.3. The Bertz CT molecular complexity index is 2480. The summed E-state index contributed by atoms with van der Waals surface area (Å²) in [5.41, 5.74) is 18.7. The van der Waals surface area contributed by atoms with E-state index in [1.165, 1.54) is 110 Å². The van der Waals surface area contributed by atoms with Crippen LogP contribution in [0.1, 0.15) is 59.7 Å². The van der Waals surface area contributed by atoms with Crippen molar-refractivity contribution >= 4 is 55.4 Å². The highest BCUT2D eigenvalue weighted by Gasteiger charge is 2.31. The van der Waals surface area contributed by atoms with Gasteiger partial charge in [0.1, 0.15) is 0 Å². The van der Waals surface area contributed by atoms with E-state index in [2.05, 4.69) is 184 Å². The highest BCUT2D eigenvalue weighted by molar-refractivity contribution is 6.98. The minimum Gasteiger partial charge on any atom is -0.0629 e. The van der Waals surface area contributed by atoms with E-state index in [9.17, 15) is 0 Å². The van der Waals surface area contributed by atoms with Crippen LogP contribution in [0.5, 0.6) is 0 Å². The molecule has 0 fully saturated rings. The molecule has 0 N–H and O–H groups in total. The highest BCUT2D eigenvalue weighted by Crippen LogP contribution is 2.41. The van der Waals surface area contributed by atoms with Gasteiger partial charge in [-0.1, -0.05) is 192 Å². The van der Waals surface area contributed by atoms with E-state index >= 15 is 0 Å². The van der Waals surface area contributed by atoms with E-state index in [0.29, 0.717) is 0 Å². The maximum atomic E-state index is 2.54. The number of aryl methyl sites for hydroxylation is 6. The van der Waals surface area contributed by atoms with Gasteiger partial charge in [0.05, 0.1) is 0 Å². The summed E-state index contributed by atoms with van der Waals surface area (Å²) in [5, 5.41) is 8.05. The first-order valence-electron chi connectivity index (χ1n) is 18.5. The quantitative estimate of drug-likeness (QED) is 0.128. The molecule has 8 aromatic carbocycles. The Labute approximate surface area is 304 Å². The maximum absolute atomic E-state index is 2.54. The van der Waals surface area contributed by atoms with E-state index in [1.807, 2.05) is 0 Å². The van der Waals surface area contributed by atoms with Crippen LogP contribution in [0.25, 0.3) is 54.6 Å². The minimum absolute atomic E-state index is 0.0629. The number of rotatable bonds is 5. The molecule has 8 rings (SSSR count). The number of hydrogen-bond acceptors (Lipinski definition) is 0. The molecule has 0 saturated carbocycles. The van der Waals surface area contributed by atoms with Gasteiger partial charge in [0, 0.05) is 0 Å². The van der Waals surface area contributed by atoms with Crippen molar-refractivity contribution < 1.29 is 0 Å². The zero-order chi connectivity index (χ0) is 35.8. The van der Waals surface area contributed by atoms with Crippen LogP contribution in [0.4, 0.5) is 0 Å². The van der Waals surface area contributed by atoms with Gasteiger partial charge < -0.3 is 0 Å². The lowest BCUT2D eigenvalue weighted by molar-refractivity contribution is 0.591. The predicted molar refractivity (Wildman–Crippen MR) is 226 cm³/mol.